The summed E-state index contributed by atoms with van der Waals surface area (Å²) in [5.41, 5.74) is 0. The fourth-order valence-electron chi connectivity index (χ4n) is 1.28. The van der Waals surface area contributed by atoms with Crippen LogP contribution in [-0.4, -0.2) is 15.3 Å². The van der Waals surface area contributed by atoms with E-state index in [0.29, 0.717) is 17.2 Å². The summed E-state index contributed by atoms with van der Waals surface area (Å²) < 4.78 is 0. The Morgan fingerprint density at radius 3 is 0.708 bits per heavy atom. The molecule has 0 aliphatic rings. The molecule has 3 nitrogen and oxygen atoms in total. The molecule has 127 valence electrons. The van der Waals surface area contributed by atoms with Gasteiger partial charge in [-0.15, -0.1) is 0 Å². The maximum absolute atomic E-state index is 8.63. The van der Waals surface area contributed by atoms with Crippen molar-refractivity contribution in [2.24, 2.45) is 0 Å². The molecule has 0 spiro atoms. The van der Waals surface area contributed by atoms with Gasteiger partial charge >= 0.3 is 41.5 Å². The van der Waals surface area contributed by atoms with E-state index in [1.165, 1.54) is 0 Å². The van der Waals surface area contributed by atoms with Crippen molar-refractivity contribution in [3.8, 4) is 17.2 Å². The van der Waals surface area contributed by atoms with Gasteiger partial charge in [-0.25, -0.2) is 0 Å². The van der Waals surface area contributed by atoms with E-state index in [1.54, 1.807) is 72.8 Å². The van der Waals surface area contributed by atoms with Gasteiger partial charge in [-0.3, -0.25) is 0 Å². The molecule has 3 aromatic rings. The maximum atomic E-state index is 8.63. The number of phenols is 3. The van der Waals surface area contributed by atoms with E-state index < -0.39 is 0 Å². The first kappa shape index (κ1) is 22.8. The Hall–Kier alpha value is -1.24. The van der Waals surface area contributed by atoms with Crippen LogP contribution in [0.3, 0.4) is 0 Å². The van der Waals surface area contributed by atoms with E-state index in [9.17, 15) is 0 Å². The molecule has 0 radical (unpaired) electrons. The Balaban J connectivity index is 0.000000306. The average Bonchev–Trinajstić information content (AvgIpc) is 2.59. The quantitative estimate of drug-likeness (QED) is 0.294. The van der Waals surface area contributed by atoms with Crippen LogP contribution in [0, 0.1) is 0 Å². The van der Waals surface area contributed by atoms with Crippen molar-refractivity contribution in [1.29, 1.82) is 0 Å². The molecule has 0 fully saturated rings. The molecule has 0 unspecified atom stereocenters. The summed E-state index contributed by atoms with van der Waals surface area (Å²) in [6, 6.07) is 26.1. The zero-order valence-corrected chi connectivity index (χ0v) is 19.1. The zero-order chi connectivity index (χ0) is 18.0. The Morgan fingerprint density at radius 1 is 0.458 bits per heavy atom. The van der Waals surface area contributed by atoms with Gasteiger partial charge in [-0.05, 0) is 36.4 Å². The Morgan fingerprint density at radius 2 is 0.625 bits per heavy atom. The molecular formula is C18H18Br2O3Ta. The van der Waals surface area contributed by atoms with Gasteiger partial charge < -0.3 is 15.3 Å². The summed E-state index contributed by atoms with van der Waals surface area (Å²) in [5, 5.41) is 25.9. The molecule has 0 amide bonds. The Labute approximate surface area is 164 Å². The van der Waals surface area contributed by atoms with Crippen molar-refractivity contribution in [2.75, 3.05) is 0 Å². The van der Waals surface area contributed by atoms with Crippen LogP contribution < -0.4 is 0 Å². The third kappa shape index (κ3) is 15.6. The molecular weight excluding hydrogens is 605 g/mol. The van der Waals surface area contributed by atoms with Gasteiger partial charge in [0.1, 0.15) is 17.2 Å². The van der Waals surface area contributed by atoms with Crippen LogP contribution in [0.2, 0.25) is 0 Å². The number of aromatic hydroxyl groups is 3. The number of benzene rings is 3. The van der Waals surface area contributed by atoms with E-state index in [4.69, 9.17) is 15.3 Å². The summed E-state index contributed by atoms with van der Waals surface area (Å²) >= 11 is 6.28. The molecule has 6 heteroatoms. The van der Waals surface area contributed by atoms with E-state index in [0.717, 1.165) is 0 Å². The normalized spacial score (nSPS) is 8.08. The number of para-hydroxylation sites is 3. The molecule has 3 rings (SSSR count). The molecule has 3 N–H and O–H groups in total. The first-order valence-electron chi connectivity index (χ1n) is 6.74. The standard InChI is InChI=1S/3C6H6O.2BrH.Ta/c3*7-6-4-2-1-3-5-6;;;/h3*1-5,7H;2*1H;/q;;;;;+2/p-2. The first-order valence-corrected chi connectivity index (χ1v) is 20.8. The molecule has 0 aromatic heterocycles. The monoisotopic (exact) mass is 621 g/mol. The number of hydrogen-bond acceptors (Lipinski definition) is 3. The molecule has 0 heterocycles. The molecule has 0 atom stereocenters. The summed E-state index contributed by atoms with van der Waals surface area (Å²) in [5.74, 6) is 0.965. The van der Waals surface area contributed by atoms with E-state index in [2.05, 4.69) is 26.0 Å². The van der Waals surface area contributed by atoms with Crippen molar-refractivity contribution >= 4 is 26.0 Å². The average molecular weight is 623 g/mol. The second-order valence-electron chi connectivity index (χ2n) is 4.07. The molecule has 0 bridgehead atoms. The van der Waals surface area contributed by atoms with Crippen molar-refractivity contribution in [3.63, 3.8) is 0 Å². The van der Waals surface area contributed by atoms with Crippen LogP contribution in [0.5, 0.6) is 17.2 Å². The van der Waals surface area contributed by atoms with Gasteiger partial charge in [-0.1, -0.05) is 54.6 Å². The topological polar surface area (TPSA) is 60.7 Å². The van der Waals surface area contributed by atoms with Crippen LogP contribution in [-0.2, 0) is 15.5 Å². The summed E-state index contributed by atoms with van der Waals surface area (Å²) in [7, 11) is 0. The van der Waals surface area contributed by atoms with Gasteiger partial charge in [0, 0.05) is 0 Å². The van der Waals surface area contributed by atoms with Crippen molar-refractivity contribution in [2.45, 2.75) is 0 Å². The van der Waals surface area contributed by atoms with Gasteiger partial charge in [0.2, 0.25) is 0 Å². The first-order chi connectivity index (χ1) is 11.6. The molecule has 24 heavy (non-hydrogen) atoms. The van der Waals surface area contributed by atoms with Crippen molar-refractivity contribution in [1.82, 2.24) is 0 Å². The predicted octanol–water partition coefficient (Wildman–Crippen LogP) is 5.87. The van der Waals surface area contributed by atoms with Crippen LogP contribution in [0.1, 0.15) is 0 Å². The van der Waals surface area contributed by atoms with Gasteiger partial charge in [-0.2, -0.15) is 0 Å². The molecule has 0 saturated heterocycles. The Bertz CT molecular complexity index is 522. The van der Waals surface area contributed by atoms with Crippen LogP contribution in [0.15, 0.2) is 91.0 Å². The third-order valence-corrected chi connectivity index (χ3v) is 2.27. The number of rotatable bonds is 0. The molecule has 0 saturated carbocycles. The Kier molecular flexibility index (Phi) is 15.8. The number of phenolic OH excluding ortho intramolecular Hbond substituents is 3. The second kappa shape index (κ2) is 16.6. The predicted molar refractivity (Wildman–Crippen MR) is 102 cm³/mol. The van der Waals surface area contributed by atoms with E-state index >= 15 is 0 Å². The number of halogens is 2. The van der Waals surface area contributed by atoms with Crippen LogP contribution in [0.4, 0.5) is 0 Å². The minimum absolute atomic E-state index is 0.208. The summed E-state index contributed by atoms with van der Waals surface area (Å²) in [6.45, 7) is 0. The SMILES string of the molecule is Oc1ccccc1.Oc1ccccc1.Oc1ccccc1.[Br][Ta][Br]. The van der Waals surface area contributed by atoms with E-state index in [1.807, 2.05) is 18.2 Å². The fourth-order valence-corrected chi connectivity index (χ4v) is 1.28. The van der Waals surface area contributed by atoms with Gasteiger partial charge in [0.15, 0.2) is 0 Å². The van der Waals surface area contributed by atoms with Crippen LogP contribution in [0.25, 0.3) is 0 Å². The summed E-state index contributed by atoms with van der Waals surface area (Å²) in [4.78, 5) is 0. The van der Waals surface area contributed by atoms with E-state index in [-0.39, 0.29) is 15.5 Å². The van der Waals surface area contributed by atoms with Crippen molar-refractivity contribution < 1.29 is 30.8 Å². The van der Waals surface area contributed by atoms with Gasteiger partial charge in [0.25, 0.3) is 0 Å². The van der Waals surface area contributed by atoms with Gasteiger partial charge in [0.05, 0.1) is 0 Å². The minimum atomic E-state index is -0.208. The summed E-state index contributed by atoms with van der Waals surface area (Å²) in [6.07, 6.45) is 0. The zero-order valence-electron chi connectivity index (χ0n) is 12.7. The van der Waals surface area contributed by atoms with Crippen molar-refractivity contribution in [3.05, 3.63) is 91.0 Å². The fraction of sp³-hybridized carbons (Fsp3) is 0. The second-order valence-corrected chi connectivity index (χ2v) is 18.1. The number of hydrogen-bond donors (Lipinski definition) is 3. The third-order valence-electron chi connectivity index (χ3n) is 2.27. The van der Waals surface area contributed by atoms with Crippen LogP contribution >= 0.6 is 26.0 Å². The molecule has 0 aliphatic heterocycles. The molecule has 0 aliphatic carbocycles. The molecule has 3 aromatic carbocycles.